The van der Waals surface area contributed by atoms with Crippen molar-refractivity contribution in [3.63, 3.8) is 0 Å². The van der Waals surface area contributed by atoms with Gasteiger partial charge in [-0.2, -0.15) is 0 Å². The summed E-state index contributed by atoms with van der Waals surface area (Å²) in [6.45, 7) is 9.35. The first kappa shape index (κ1) is 19.8. The number of likely N-dealkylation sites (tertiary alicyclic amines) is 1. The molecule has 146 valence electrons. The van der Waals surface area contributed by atoms with Crippen molar-refractivity contribution in [1.29, 1.82) is 0 Å². The highest BCUT2D eigenvalue weighted by Crippen LogP contribution is 2.27. The monoisotopic (exact) mass is 386 g/mol. The third kappa shape index (κ3) is 4.68. The van der Waals surface area contributed by atoms with Crippen molar-refractivity contribution < 1.29 is 4.79 Å². The minimum absolute atomic E-state index is 0.0123. The fourth-order valence-corrected chi connectivity index (χ4v) is 4.83. The van der Waals surface area contributed by atoms with Crippen LogP contribution < -0.4 is 10.2 Å². The number of aryl methyl sites for hydroxylation is 1. The van der Waals surface area contributed by atoms with Gasteiger partial charge in [-0.15, -0.1) is 0 Å². The predicted molar refractivity (Wildman–Crippen MR) is 112 cm³/mol. The molecule has 0 aliphatic carbocycles. The van der Waals surface area contributed by atoms with Crippen LogP contribution in [0.2, 0.25) is 0 Å². The lowest BCUT2D eigenvalue weighted by atomic mass is 9.85. The number of carbonyl (C=O) groups is 1. The Bertz CT molecular complexity index is 762. The van der Waals surface area contributed by atoms with Gasteiger partial charge in [0.25, 0.3) is 5.91 Å². The number of hydrogen-bond acceptors (Lipinski definition) is 5. The molecule has 27 heavy (non-hydrogen) atoms. The van der Waals surface area contributed by atoms with Crippen LogP contribution in [0.25, 0.3) is 0 Å². The van der Waals surface area contributed by atoms with Gasteiger partial charge in [-0.05, 0) is 24.3 Å². The standard InChI is InChI=1S/C21H30N4OS/c1-14-11-25(13-17-9-7-6-8-10-17)12-15(2)18(14)23-20(26)19-16(3)22-21(27-19)24(4)5/h6-10,14-15,18H,11-13H2,1-5H3,(H,23,26). The molecule has 2 atom stereocenters. The van der Waals surface area contributed by atoms with Gasteiger partial charge in [-0.3, -0.25) is 9.69 Å². The largest absolute Gasteiger partial charge is 0.354 e. The summed E-state index contributed by atoms with van der Waals surface area (Å²) in [6, 6.07) is 10.8. The molecule has 6 heteroatoms. The Labute approximate surface area is 166 Å². The summed E-state index contributed by atoms with van der Waals surface area (Å²) < 4.78 is 0. The molecule has 1 amide bonds. The first-order valence-corrected chi connectivity index (χ1v) is 10.4. The first-order valence-electron chi connectivity index (χ1n) is 9.57. The Balaban J connectivity index is 1.63. The van der Waals surface area contributed by atoms with E-state index in [2.05, 4.69) is 59.4 Å². The van der Waals surface area contributed by atoms with Gasteiger partial charge in [0.2, 0.25) is 0 Å². The normalized spacial score (nSPS) is 23.2. The minimum atomic E-state index is 0.0123. The van der Waals surface area contributed by atoms with Crippen molar-refractivity contribution >= 4 is 22.4 Å². The smallest absolute Gasteiger partial charge is 0.263 e. The van der Waals surface area contributed by atoms with Crippen molar-refractivity contribution in [3.05, 3.63) is 46.5 Å². The van der Waals surface area contributed by atoms with E-state index >= 15 is 0 Å². The Morgan fingerprint density at radius 1 is 1.22 bits per heavy atom. The summed E-state index contributed by atoms with van der Waals surface area (Å²) in [7, 11) is 3.90. The SMILES string of the molecule is Cc1nc(N(C)C)sc1C(=O)NC1C(C)CN(Cc2ccccc2)CC1C. The number of anilines is 1. The Morgan fingerprint density at radius 2 is 1.85 bits per heavy atom. The van der Waals surface area contributed by atoms with Gasteiger partial charge >= 0.3 is 0 Å². The third-order valence-electron chi connectivity index (χ3n) is 5.24. The average molecular weight is 387 g/mol. The molecule has 1 saturated heterocycles. The van der Waals surface area contributed by atoms with Crippen LogP contribution in [0, 0.1) is 18.8 Å². The maximum Gasteiger partial charge on any atom is 0.263 e. The fourth-order valence-electron chi connectivity index (χ4n) is 3.93. The maximum absolute atomic E-state index is 12.9. The second kappa shape index (κ2) is 8.40. The van der Waals surface area contributed by atoms with Crippen LogP contribution in [0.1, 0.15) is 34.8 Å². The lowest BCUT2D eigenvalue weighted by Gasteiger charge is -2.41. The van der Waals surface area contributed by atoms with E-state index in [1.54, 1.807) is 0 Å². The molecule has 2 heterocycles. The van der Waals surface area contributed by atoms with Gasteiger partial charge < -0.3 is 10.2 Å². The van der Waals surface area contributed by atoms with Crippen LogP contribution in [0.4, 0.5) is 5.13 Å². The van der Waals surface area contributed by atoms with Crippen molar-refractivity contribution in [3.8, 4) is 0 Å². The lowest BCUT2D eigenvalue weighted by molar-refractivity contribution is 0.0735. The molecular weight excluding hydrogens is 356 g/mol. The van der Waals surface area contributed by atoms with Crippen LogP contribution >= 0.6 is 11.3 Å². The van der Waals surface area contributed by atoms with E-state index in [1.165, 1.54) is 16.9 Å². The van der Waals surface area contributed by atoms with E-state index in [0.29, 0.717) is 11.8 Å². The van der Waals surface area contributed by atoms with E-state index < -0.39 is 0 Å². The van der Waals surface area contributed by atoms with Gasteiger partial charge in [-0.1, -0.05) is 55.5 Å². The van der Waals surface area contributed by atoms with Gasteiger partial charge in [0.05, 0.1) is 5.69 Å². The summed E-state index contributed by atoms with van der Waals surface area (Å²) in [6.07, 6.45) is 0. The molecule has 3 rings (SSSR count). The highest BCUT2D eigenvalue weighted by atomic mass is 32.1. The lowest BCUT2D eigenvalue weighted by Crippen LogP contribution is -2.54. The van der Waals surface area contributed by atoms with Gasteiger partial charge in [0, 0.05) is 39.8 Å². The number of rotatable bonds is 5. The molecule has 1 aliphatic heterocycles. The van der Waals surface area contributed by atoms with E-state index in [4.69, 9.17) is 0 Å². The molecule has 1 aliphatic rings. The average Bonchev–Trinajstić information content (AvgIpc) is 3.01. The molecule has 0 spiro atoms. The minimum Gasteiger partial charge on any atom is -0.354 e. The zero-order valence-electron chi connectivity index (χ0n) is 16.9. The Kier molecular flexibility index (Phi) is 6.17. The van der Waals surface area contributed by atoms with Gasteiger partial charge in [0.1, 0.15) is 4.88 Å². The number of amides is 1. The highest BCUT2D eigenvalue weighted by Gasteiger charge is 2.33. The number of aromatic nitrogens is 1. The summed E-state index contributed by atoms with van der Waals surface area (Å²) in [5.41, 5.74) is 2.15. The van der Waals surface area contributed by atoms with E-state index in [1.807, 2.05) is 25.9 Å². The summed E-state index contributed by atoms with van der Waals surface area (Å²) in [5.74, 6) is 0.823. The zero-order chi connectivity index (χ0) is 19.6. The van der Waals surface area contributed by atoms with Crippen LogP contribution in [0.15, 0.2) is 30.3 Å². The number of hydrogen-bond donors (Lipinski definition) is 1. The van der Waals surface area contributed by atoms with Gasteiger partial charge in [-0.25, -0.2) is 4.98 Å². The number of piperidine rings is 1. The van der Waals surface area contributed by atoms with Crippen LogP contribution in [0.5, 0.6) is 0 Å². The molecule has 1 fully saturated rings. The molecular formula is C21H30N4OS. The fraction of sp³-hybridized carbons (Fsp3) is 0.524. The zero-order valence-corrected chi connectivity index (χ0v) is 17.7. The number of thiazole rings is 1. The molecule has 1 aromatic heterocycles. The van der Waals surface area contributed by atoms with Crippen LogP contribution in [0.3, 0.4) is 0 Å². The molecule has 1 aromatic carbocycles. The van der Waals surface area contributed by atoms with E-state index in [0.717, 1.165) is 35.3 Å². The molecule has 2 unspecified atom stereocenters. The topological polar surface area (TPSA) is 48.5 Å². The number of nitrogens with one attached hydrogen (secondary N) is 1. The molecule has 0 radical (unpaired) electrons. The van der Waals surface area contributed by atoms with Crippen molar-refractivity contribution in [1.82, 2.24) is 15.2 Å². The van der Waals surface area contributed by atoms with Crippen LogP contribution in [-0.4, -0.2) is 49.0 Å². The molecule has 0 bridgehead atoms. The Hall–Kier alpha value is -1.92. The summed E-state index contributed by atoms with van der Waals surface area (Å²) in [5, 5.41) is 4.17. The summed E-state index contributed by atoms with van der Waals surface area (Å²) in [4.78, 5) is 22.5. The van der Waals surface area contributed by atoms with E-state index in [-0.39, 0.29) is 11.9 Å². The highest BCUT2D eigenvalue weighted by molar-refractivity contribution is 7.17. The number of carbonyl (C=O) groups excluding carboxylic acids is 1. The summed E-state index contributed by atoms with van der Waals surface area (Å²) >= 11 is 1.46. The number of nitrogens with zero attached hydrogens (tertiary/aromatic N) is 3. The van der Waals surface area contributed by atoms with Crippen LogP contribution in [-0.2, 0) is 6.54 Å². The second-order valence-corrected chi connectivity index (χ2v) is 8.92. The second-order valence-electron chi connectivity index (χ2n) is 7.94. The molecule has 5 nitrogen and oxygen atoms in total. The number of benzene rings is 1. The Morgan fingerprint density at radius 3 is 2.41 bits per heavy atom. The maximum atomic E-state index is 12.9. The van der Waals surface area contributed by atoms with Crippen molar-refractivity contribution in [2.75, 3.05) is 32.1 Å². The van der Waals surface area contributed by atoms with Crippen molar-refractivity contribution in [2.24, 2.45) is 11.8 Å². The molecule has 1 N–H and O–H groups in total. The predicted octanol–water partition coefficient (Wildman–Crippen LogP) is 3.40. The molecule has 2 aromatic rings. The van der Waals surface area contributed by atoms with Gasteiger partial charge in [0.15, 0.2) is 5.13 Å². The first-order chi connectivity index (χ1) is 12.8. The van der Waals surface area contributed by atoms with Crippen molar-refractivity contribution in [2.45, 2.75) is 33.4 Å². The molecule has 0 saturated carbocycles. The van der Waals surface area contributed by atoms with E-state index in [9.17, 15) is 4.79 Å². The quantitative estimate of drug-likeness (QED) is 0.856. The third-order valence-corrected chi connectivity index (χ3v) is 6.56.